The van der Waals surface area contributed by atoms with Gasteiger partial charge in [0.05, 0.1) is 4.90 Å². The summed E-state index contributed by atoms with van der Waals surface area (Å²) in [7, 11) is -3.53. The van der Waals surface area contributed by atoms with Crippen LogP contribution in [-0.2, 0) is 23.0 Å². The van der Waals surface area contributed by atoms with Crippen molar-refractivity contribution in [3.05, 3.63) is 88.4 Å². The van der Waals surface area contributed by atoms with Crippen molar-refractivity contribution in [1.82, 2.24) is 4.31 Å². The van der Waals surface area contributed by atoms with Crippen molar-refractivity contribution in [3.63, 3.8) is 0 Å². The molecule has 138 valence electrons. The predicted octanol–water partition coefficient (Wildman–Crippen LogP) is 4.99. The Hall–Kier alpha value is -2.15. The molecule has 1 heterocycles. The molecule has 3 aromatic rings. The highest BCUT2D eigenvalue weighted by atomic mass is 79.9. The standard InChI is InChI=1S/C21H18BrNO3S/c22-18-5-7-19(8-6-18)26-20-9-11-21(12-10-20)27(24,25)23-14-13-16-3-1-2-4-17(16)15-23/h1-12H,13-15H2. The van der Waals surface area contributed by atoms with E-state index >= 15 is 0 Å². The summed E-state index contributed by atoms with van der Waals surface area (Å²) in [4.78, 5) is 0.282. The molecule has 4 rings (SSSR count). The molecule has 0 fully saturated rings. The minimum atomic E-state index is -3.53. The van der Waals surface area contributed by atoms with Gasteiger partial charge in [0.1, 0.15) is 11.5 Å². The summed E-state index contributed by atoms with van der Waals surface area (Å²) in [5, 5.41) is 0. The van der Waals surface area contributed by atoms with Gasteiger partial charge in [-0.25, -0.2) is 8.42 Å². The second-order valence-electron chi connectivity index (χ2n) is 6.38. The van der Waals surface area contributed by atoms with Gasteiger partial charge in [-0.15, -0.1) is 0 Å². The Kier molecular flexibility index (Phi) is 5.04. The molecular formula is C21H18BrNO3S. The Balaban J connectivity index is 1.52. The molecule has 3 aromatic carbocycles. The summed E-state index contributed by atoms with van der Waals surface area (Å²) < 4.78 is 34.2. The zero-order valence-corrected chi connectivity index (χ0v) is 16.9. The van der Waals surface area contributed by atoms with E-state index < -0.39 is 10.0 Å². The van der Waals surface area contributed by atoms with Crippen molar-refractivity contribution in [1.29, 1.82) is 0 Å². The van der Waals surface area contributed by atoms with Gasteiger partial charge in [0.2, 0.25) is 10.0 Å². The molecule has 0 atom stereocenters. The third-order valence-electron chi connectivity index (χ3n) is 4.61. The van der Waals surface area contributed by atoms with E-state index in [0.29, 0.717) is 24.6 Å². The van der Waals surface area contributed by atoms with Gasteiger partial charge in [-0.2, -0.15) is 4.31 Å². The van der Waals surface area contributed by atoms with E-state index in [9.17, 15) is 8.42 Å². The van der Waals surface area contributed by atoms with Gasteiger partial charge in [-0.3, -0.25) is 0 Å². The Morgan fingerprint density at radius 1 is 0.815 bits per heavy atom. The van der Waals surface area contributed by atoms with Crippen LogP contribution in [0, 0.1) is 0 Å². The van der Waals surface area contributed by atoms with Crippen LogP contribution in [0.15, 0.2) is 82.2 Å². The van der Waals surface area contributed by atoms with Crippen LogP contribution < -0.4 is 4.74 Å². The minimum absolute atomic E-state index is 0.282. The van der Waals surface area contributed by atoms with E-state index in [0.717, 1.165) is 16.5 Å². The third kappa shape index (κ3) is 3.93. The molecule has 0 aliphatic carbocycles. The fourth-order valence-electron chi connectivity index (χ4n) is 3.14. The predicted molar refractivity (Wildman–Crippen MR) is 108 cm³/mol. The molecule has 27 heavy (non-hydrogen) atoms. The average Bonchev–Trinajstić information content (AvgIpc) is 2.70. The summed E-state index contributed by atoms with van der Waals surface area (Å²) >= 11 is 3.38. The molecule has 1 aliphatic heterocycles. The van der Waals surface area contributed by atoms with Crippen LogP contribution in [0.25, 0.3) is 0 Å². The first-order valence-electron chi connectivity index (χ1n) is 8.63. The maximum Gasteiger partial charge on any atom is 0.243 e. The van der Waals surface area contributed by atoms with E-state index in [1.54, 1.807) is 28.6 Å². The number of sulfonamides is 1. The van der Waals surface area contributed by atoms with Crippen molar-refractivity contribution >= 4 is 26.0 Å². The van der Waals surface area contributed by atoms with Crippen molar-refractivity contribution in [2.75, 3.05) is 6.54 Å². The van der Waals surface area contributed by atoms with Crippen LogP contribution in [-0.4, -0.2) is 19.3 Å². The number of hydrogen-bond acceptors (Lipinski definition) is 3. The lowest BCUT2D eigenvalue weighted by molar-refractivity contribution is 0.391. The number of fused-ring (bicyclic) bond motifs is 1. The van der Waals surface area contributed by atoms with Crippen LogP contribution >= 0.6 is 15.9 Å². The quantitative estimate of drug-likeness (QED) is 0.570. The fraction of sp³-hybridized carbons (Fsp3) is 0.143. The lowest BCUT2D eigenvalue weighted by atomic mass is 10.0. The van der Waals surface area contributed by atoms with Crippen LogP contribution in [0.4, 0.5) is 0 Å². The second-order valence-corrected chi connectivity index (χ2v) is 9.24. The maximum absolute atomic E-state index is 13.0. The summed E-state index contributed by atoms with van der Waals surface area (Å²) in [5.74, 6) is 1.29. The van der Waals surface area contributed by atoms with Crippen LogP contribution in [0.5, 0.6) is 11.5 Å². The number of rotatable bonds is 4. The Labute approximate surface area is 167 Å². The van der Waals surface area contributed by atoms with Gasteiger partial charge in [-0.05, 0) is 66.1 Å². The normalized spacial score (nSPS) is 14.6. The van der Waals surface area contributed by atoms with Crippen molar-refractivity contribution in [2.45, 2.75) is 17.9 Å². The maximum atomic E-state index is 13.0. The smallest absolute Gasteiger partial charge is 0.243 e. The summed E-state index contributed by atoms with van der Waals surface area (Å²) in [5.41, 5.74) is 2.30. The number of hydrogen-bond donors (Lipinski definition) is 0. The minimum Gasteiger partial charge on any atom is -0.457 e. The molecule has 1 aliphatic rings. The molecule has 6 heteroatoms. The molecule has 0 amide bonds. The second kappa shape index (κ2) is 7.46. The topological polar surface area (TPSA) is 46.6 Å². The number of halogens is 1. The highest BCUT2D eigenvalue weighted by molar-refractivity contribution is 9.10. The Morgan fingerprint density at radius 3 is 2.07 bits per heavy atom. The molecule has 0 spiro atoms. The Morgan fingerprint density at radius 2 is 1.41 bits per heavy atom. The van der Waals surface area contributed by atoms with Gasteiger partial charge < -0.3 is 4.74 Å². The van der Waals surface area contributed by atoms with Crippen LogP contribution in [0.2, 0.25) is 0 Å². The lowest BCUT2D eigenvalue weighted by Gasteiger charge is -2.28. The van der Waals surface area contributed by atoms with Crippen LogP contribution in [0.1, 0.15) is 11.1 Å². The van der Waals surface area contributed by atoms with E-state index in [1.165, 1.54) is 5.56 Å². The van der Waals surface area contributed by atoms with E-state index in [-0.39, 0.29) is 4.90 Å². The molecule has 0 radical (unpaired) electrons. The molecular weight excluding hydrogens is 426 g/mol. The van der Waals surface area contributed by atoms with Gasteiger partial charge in [0, 0.05) is 17.6 Å². The zero-order chi connectivity index (χ0) is 18.9. The van der Waals surface area contributed by atoms with E-state index in [1.807, 2.05) is 42.5 Å². The third-order valence-corrected chi connectivity index (χ3v) is 6.99. The van der Waals surface area contributed by atoms with Gasteiger partial charge in [-0.1, -0.05) is 40.2 Å². The average molecular weight is 444 g/mol. The van der Waals surface area contributed by atoms with E-state index in [2.05, 4.69) is 22.0 Å². The van der Waals surface area contributed by atoms with Crippen molar-refractivity contribution in [3.8, 4) is 11.5 Å². The summed E-state index contributed by atoms with van der Waals surface area (Å²) in [6, 6.07) is 22.0. The first-order valence-corrected chi connectivity index (χ1v) is 10.9. The molecule has 0 aromatic heterocycles. The van der Waals surface area contributed by atoms with Crippen molar-refractivity contribution in [2.24, 2.45) is 0 Å². The number of nitrogens with zero attached hydrogens (tertiary/aromatic N) is 1. The SMILES string of the molecule is O=S(=O)(c1ccc(Oc2ccc(Br)cc2)cc1)N1CCc2ccccc2C1. The molecule has 0 saturated carbocycles. The van der Waals surface area contributed by atoms with E-state index in [4.69, 9.17) is 4.74 Å². The molecule has 4 nitrogen and oxygen atoms in total. The first-order chi connectivity index (χ1) is 13.0. The molecule has 0 bridgehead atoms. The Bertz CT molecular complexity index is 1050. The van der Waals surface area contributed by atoms with Gasteiger partial charge in [0.15, 0.2) is 0 Å². The van der Waals surface area contributed by atoms with Crippen molar-refractivity contribution < 1.29 is 13.2 Å². The summed E-state index contributed by atoms with van der Waals surface area (Å²) in [6.07, 6.45) is 0.736. The number of benzene rings is 3. The molecule has 0 N–H and O–H groups in total. The number of ether oxygens (including phenoxy) is 1. The monoisotopic (exact) mass is 443 g/mol. The van der Waals surface area contributed by atoms with Crippen LogP contribution in [0.3, 0.4) is 0 Å². The van der Waals surface area contributed by atoms with Gasteiger partial charge >= 0.3 is 0 Å². The summed E-state index contributed by atoms with van der Waals surface area (Å²) in [6.45, 7) is 0.909. The molecule has 0 unspecified atom stereocenters. The fourth-order valence-corrected chi connectivity index (χ4v) is 4.83. The zero-order valence-electron chi connectivity index (χ0n) is 14.5. The lowest BCUT2D eigenvalue weighted by Crippen LogP contribution is -2.35. The first kappa shape index (κ1) is 18.2. The largest absolute Gasteiger partial charge is 0.457 e. The highest BCUT2D eigenvalue weighted by Crippen LogP contribution is 2.28. The van der Waals surface area contributed by atoms with Gasteiger partial charge in [0.25, 0.3) is 0 Å². The molecule has 0 saturated heterocycles. The highest BCUT2D eigenvalue weighted by Gasteiger charge is 2.28.